The molecule has 0 aromatic carbocycles. The molecule has 222 valence electrons. The first-order valence-corrected chi connectivity index (χ1v) is 16.9. The number of ether oxygens (including phenoxy) is 1. The van der Waals surface area contributed by atoms with Gasteiger partial charge in [0, 0.05) is 0 Å². The van der Waals surface area contributed by atoms with Crippen LogP contribution < -0.4 is 5.56 Å². The van der Waals surface area contributed by atoms with Gasteiger partial charge >= 0.3 is 39.1 Å². The van der Waals surface area contributed by atoms with Crippen molar-refractivity contribution in [3.63, 3.8) is 0 Å². The van der Waals surface area contributed by atoms with Crippen molar-refractivity contribution in [1.29, 1.82) is 0 Å². The van der Waals surface area contributed by atoms with Crippen molar-refractivity contribution in [1.82, 2.24) is 19.5 Å². The summed E-state index contributed by atoms with van der Waals surface area (Å²) < 4.78 is 83.3. The molecule has 0 radical (unpaired) electrons. The fourth-order valence-corrected chi connectivity index (χ4v) is 7.87. The van der Waals surface area contributed by atoms with Gasteiger partial charge in [-0.15, -0.1) is 0 Å². The first-order chi connectivity index (χ1) is 17.6. The van der Waals surface area contributed by atoms with E-state index in [1.165, 1.54) is 0 Å². The lowest BCUT2D eigenvalue weighted by molar-refractivity contribution is -0.0501. The molecule has 29 heteroatoms. The lowest BCUT2D eigenvalue weighted by atomic mass is 10.1. The van der Waals surface area contributed by atoms with Gasteiger partial charge in [0.25, 0.3) is 5.56 Å². The first kappa shape index (κ1) is 32.5. The number of aromatic nitrogens is 4. The van der Waals surface area contributed by atoms with Gasteiger partial charge in [-0.3, -0.25) is 18.4 Å². The molecule has 5 unspecified atom stereocenters. The second-order valence-electron chi connectivity index (χ2n) is 7.11. The number of phosphoric ester groups is 2. The Morgan fingerprint density at radius 3 is 2.08 bits per heavy atom. The Hall–Kier alpha value is -1.06. The lowest BCUT2D eigenvalue weighted by Gasteiger charge is -2.23. The van der Waals surface area contributed by atoms with Gasteiger partial charge in [-0.2, -0.15) is 12.9 Å². The maximum absolute atomic E-state index is 12.1. The minimum Gasteiger partial charge on any atom is -0.386 e. The Balaban J connectivity index is 1.88. The largest absolute Gasteiger partial charge is 0.490 e. The molecule has 0 aliphatic carbocycles. The molecule has 1 fully saturated rings. The molecule has 3 rings (SSSR count). The van der Waals surface area contributed by atoms with Crippen molar-refractivity contribution < 1.29 is 88.9 Å². The third-order valence-corrected chi connectivity index (χ3v) is 10.2. The zero-order valence-electron chi connectivity index (χ0n) is 18.2. The number of phosphoric acid groups is 5. The van der Waals surface area contributed by atoms with E-state index < -0.39 is 75.8 Å². The maximum Gasteiger partial charge on any atom is 0.490 e. The monoisotopic (exact) mass is 668 g/mol. The highest BCUT2D eigenvalue weighted by Gasteiger charge is 2.51. The molecule has 3 heterocycles. The molecule has 39 heavy (non-hydrogen) atoms. The number of H-pyrrole nitrogens is 1. The molecule has 1 aliphatic heterocycles. The van der Waals surface area contributed by atoms with Crippen LogP contribution in [0.3, 0.4) is 0 Å². The van der Waals surface area contributed by atoms with Crippen LogP contribution in [0.5, 0.6) is 0 Å². The van der Waals surface area contributed by atoms with E-state index in [0.29, 0.717) is 0 Å². The molecule has 9 N–H and O–H groups in total. The van der Waals surface area contributed by atoms with Crippen LogP contribution >= 0.6 is 39.1 Å². The van der Waals surface area contributed by atoms with Crippen molar-refractivity contribution in [2.75, 3.05) is 6.61 Å². The number of hydrogen-bond donors (Lipinski definition) is 9. The minimum absolute atomic E-state index is 0.228. The van der Waals surface area contributed by atoms with Crippen LogP contribution in [0.25, 0.3) is 11.2 Å². The average Bonchev–Trinajstić information content (AvgIpc) is 3.24. The van der Waals surface area contributed by atoms with Crippen molar-refractivity contribution in [3.8, 4) is 0 Å². The smallest absolute Gasteiger partial charge is 0.386 e. The van der Waals surface area contributed by atoms with Crippen LogP contribution in [0.4, 0.5) is 0 Å². The molecule has 1 saturated heterocycles. The molecule has 2 aromatic rings. The van der Waals surface area contributed by atoms with Gasteiger partial charge in [-0.05, 0) is 0 Å². The predicted octanol–water partition coefficient (Wildman–Crippen LogP) is -1.68. The third-order valence-electron chi connectivity index (χ3n) is 4.23. The molecule has 7 atom stereocenters. The molecule has 24 nitrogen and oxygen atoms in total. The van der Waals surface area contributed by atoms with E-state index in [9.17, 15) is 47.4 Å². The van der Waals surface area contributed by atoms with Gasteiger partial charge < -0.3 is 49.1 Å². The number of nitrogens with zero attached hydrogens (tertiary/aromatic N) is 3. The number of nitrogens with one attached hydrogen (secondary N) is 1. The van der Waals surface area contributed by atoms with Crippen molar-refractivity contribution in [2.45, 2.75) is 24.5 Å². The van der Waals surface area contributed by atoms with E-state index in [2.05, 4.69) is 36.9 Å². The van der Waals surface area contributed by atoms with Crippen LogP contribution in [0.2, 0.25) is 0 Å². The van der Waals surface area contributed by atoms with Crippen molar-refractivity contribution >= 4 is 50.3 Å². The lowest BCUT2D eigenvalue weighted by Crippen LogP contribution is -2.36. The predicted molar refractivity (Wildman–Crippen MR) is 116 cm³/mol. The SMILES string of the molecule is O=c1[nH]cnc2c1ncn2[C@@H]1O[C@H](COP(=O)(O)OP(=O)(O)OP(=O)(O)O)C(OP(=O)(O)OP(=O)(O)O)C1O. The summed E-state index contributed by atoms with van der Waals surface area (Å²) >= 11 is 0. The standard InChI is InChI=1S/C10H17N4O20P5/c15-6-7(31-38(25,26)32-35(17,18)19)4(1-29-37(23,24)34-39(27,28)33-36(20,21)22)30-10(6)14-3-13-5-8(14)11-2-12-9(5)16/h2-4,6-7,10,15H,1H2,(H,23,24)(H,25,26)(H,27,28)(H,11,12,16)(H2,17,18,19)(H2,20,21,22)/t4-,6?,7?,10-/m1/s1. The highest BCUT2D eigenvalue weighted by atomic mass is 31.3. The van der Waals surface area contributed by atoms with Crippen molar-refractivity contribution in [2.24, 2.45) is 0 Å². The van der Waals surface area contributed by atoms with Gasteiger partial charge in [0.2, 0.25) is 0 Å². The Morgan fingerprint density at radius 2 is 1.49 bits per heavy atom. The molecular formula is C10H17N4O20P5. The molecule has 1 aliphatic rings. The second-order valence-corrected chi connectivity index (χ2v) is 14.3. The van der Waals surface area contributed by atoms with E-state index in [-0.39, 0.29) is 11.2 Å². The average molecular weight is 668 g/mol. The molecule has 2 aromatic heterocycles. The number of aromatic amines is 1. The summed E-state index contributed by atoms with van der Waals surface area (Å²) in [5, 5.41) is 10.7. The van der Waals surface area contributed by atoms with Crippen LogP contribution in [-0.2, 0) is 49.5 Å². The van der Waals surface area contributed by atoms with Crippen LogP contribution in [0.15, 0.2) is 17.4 Å². The number of rotatable bonds is 12. The molecule has 0 bridgehead atoms. The Labute approximate surface area is 213 Å². The summed E-state index contributed by atoms with van der Waals surface area (Å²) in [6, 6.07) is 0. The highest BCUT2D eigenvalue weighted by molar-refractivity contribution is 7.66. The Kier molecular flexibility index (Phi) is 9.42. The summed E-state index contributed by atoms with van der Waals surface area (Å²) in [5.74, 6) is 0. The first-order valence-electron chi connectivity index (χ1n) is 9.38. The van der Waals surface area contributed by atoms with Gasteiger partial charge in [-0.25, -0.2) is 32.8 Å². The topological polar surface area (TPSA) is 366 Å². The number of imidazole rings is 1. The van der Waals surface area contributed by atoms with Gasteiger partial charge in [0.1, 0.15) is 18.3 Å². The number of aliphatic hydroxyl groups is 1. The Morgan fingerprint density at radius 1 is 0.897 bits per heavy atom. The summed E-state index contributed by atoms with van der Waals surface area (Å²) in [6.45, 7) is -1.35. The van der Waals surface area contributed by atoms with Gasteiger partial charge in [0.05, 0.1) is 19.3 Å². The van der Waals surface area contributed by atoms with E-state index in [1.54, 1.807) is 0 Å². The highest BCUT2D eigenvalue weighted by Crippen LogP contribution is 2.66. The number of hydrogen-bond acceptors (Lipinski definition) is 15. The number of fused-ring (bicyclic) bond motifs is 1. The molecular weight excluding hydrogens is 651 g/mol. The Bertz CT molecular complexity index is 1510. The van der Waals surface area contributed by atoms with Crippen molar-refractivity contribution in [3.05, 3.63) is 23.0 Å². The summed E-state index contributed by atoms with van der Waals surface area (Å²) in [7, 11) is -28.8. The van der Waals surface area contributed by atoms with E-state index in [0.717, 1.165) is 17.2 Å². The van der Waals surface area contributed by atoms with Crippen LogP contribution in [-0.4, -0.2) is 83.8 Å². The van der Waals surface area contributed by atoms with Gasteiger partial charge in [0.15, 0.2) is 17.4 Å². The summed E-state index contributed by atoms with van der Waals surface area (Å²) in [5.41, 5.74) is -1.24. The number of aliphatic hydroxyl groups excluding tert-OH is 1. The zero-order chi connectivity index (χ0) is 29.6. The van der Waals surface area contributed by atoms with Gasteiger partial charge in [-0.1, -0.05) is 0 Å². The summed E-state index contributed by atoms with van der Waals surface area (Å²) in [6.07, 6.45) is -6.22. The van der Waals surface area contributed by atoms with E-state index in [4.69, 9.17) is 24.3 Å². The van der Waals surface area contributed by atoms with E-state index >= 15 is 0 Å². The fraction of sp³-hybridized carbons (Fsp3) is 0.500. The fourth-order valence-electron chi connectivity index (χ4n) is 3.04. The minimum atomic E-state index is -5.93. The molecule has 0 saturated carbocycles. The zero-order valence-corrected chi connectivity index (χ0v) is 22.7. The van der Waals surface area contributed by atoms with Crippen LogP contribution in [0.1, 0.15) is 6.23 Å². The normalized spacial score (nSPS) is 27.2. The molecule has 0 amide bonds. The quantitative estimate of drug-likeness (QED) is 0.114. The van der Waals surface area contributed by atoms with Crippen LogP contribution in [0, 0.1) is 0 Å². The third kappa shape index (κ3) is 8.96. The van der Waals surface area contributed by atoms with E-state index in [1.807, 2.05) is 0 Å². The second kappa shape index (κ2) is 11.3. The summed E-state index contributed by atoms with van der Waals surface area (Å²) in [4.78, 5) is 85.0. The molecule has 0 spiro atoms. The maximum atomic E-state index is 12.1.